The first-order valence-corrected chi connectivity index (χ1v) is 4.82. The van der Waals surface area contributed by atoms with Gasteiger partial charge in [-0.1, -0.05) is 25.9 Å². The molecule has 0 N–H and O–H groups in total. The molecule has 0 fully saturated rings. The summed E-state index contributed by atoms with van der Waals surface area (Å²) in [5, 5.41) is 4.01. The van der Waals surface area contributed by atoms with Crippen LogP contribution in [0.3, 0.4) is 0 Å². The average Bonchev–Trinajstić information content (AvgIpc) is 2.32. The molecule has 1 unspecified atom stereocenters. The Morgan fingerprint density at radius 3 is 2.67 bits per heavy atom. The van der Waals surface area contributed by atoms with Crippen LogP contribution < -0.4 is 0 Å². The molecule has 1 atom stereocenters. The lowest BCUT2D eigenvalue weighted by molar-refractivity contribution is 0.102. The molecule has 0 radical (unpaired) electrons. The molecule has 2 nitrogen and oxygen atoms in total. The molecule has 1 aliphatic rings. The minimum atomic E-state index is 0.115. The lowest BCUT2D eigenvalue weighted by atomic mass is 9.88. The summed E-state index contributed by atoms with van der Waals surface area (Å²) in [6.45, 7) is 6.59. The first-order valence-electron chi connectivity index (χ1n) is 4.29. The molecule has 12 heavy (non-hydrogen) atoms. The molecular formula is C9H16ClNO. The first-order chi connectivity index (χ1) is 5.51. The van der Waals surface area contributed by atoms with Crippen molar-refractivity contribution in [2.24, 2.45) is 10.6 Å². The molecule has 0 saturated carbocycles. The zero-order valence-electron chi connectivity index (χ0n) is 7.93. The predicted molar refractivity (Wildman–Crippen MR) is 51.7 cm³/mol. The van der Waals surface area contributed by atoms with Gasteiger partial charge in [0.05, 0.1) is 11.6 Å². The van der Waals surface area contributed by atoms with Crippen LogP contribution in [-0.2, 0) is 4.84 Å². The topological polar surface area (TPSA) is 21.6 Å². The molecule has 0 bridgehead atoms. The van der Waals surface area contributed by atoms with Crippen molar-refractivity contribution >= 4 is 17.3 Å². The van der Waals surface area contributed by atoms with Gasteiger partial charge in [-0.05, 0) is 11.8 Å². The Hall–Kier alpha value is -0.240. The van der Waals surface area contributed by atoms with Crippen molar-refractivity contribution in [2.45, 2.75) is 39.7 Å². The molecule has 0 saturated heterocycles. The van der Waals surface area contributed by atoms with E-state index in [2.05, 4.69) is 25.9 Å². The molecule has 70 valence electrons. The smallest absolute Gasteiger partial charge is 0.146 e. The van der Waals surface area contributed by atoms with Gasteiger partial charge in [0.25, 0.3) is 0 Å². The lowest BCUT2D eigenvalue weighted by Gasteiger charge is -2.16. The maximum Gasteiger partial charge on any atom is 0.146 e. The molecule has 0 aromatic heterocycles. The third kappa shape index (κ3) is 3.02. The summed E-state index contributed by atoms with van der Waals surface area (Å²) in [6, 6.07) is 0. The second-order valence-corrected chi connectivity index (χ2v) is 4.79. The van der Waals surface area contributed by atoms with Crippen LogP contribution in [0.2, 0.25) is 0 Å². The Bertz CT molecular complexity index is 183. The van der Waals surface area contributed by atoms with Crippen LogP contribution in [-0.4, -0.2) is 17.7 Å². The van der Waals surface area contributed by atoms with Crippen LogP contribution in [0.5, 0.6) is 0 Å². The van der Waals surface area contributed by atoms with Crippen molar-refractivity contribution in [3.63, 3.8) is 0 Å². The number of halogens is 1. The molecule has 1 heterocycles. The summed E-state index contributed by atoms with van der Waals surface area (Å²) in [7, 11) is 0. The second kappa shape index (κ2) is 3.65. The highest BCUT2D eigenvalue weighted by molar-refractivity contribution is 6.18. The molecule has 1 rings (SSSR count). The van der Waals surface area contributed by atoms with Gasteiger partial charge in [0, 0.05) is 6.42 Å². The van der Waals surface area contributed by atoms with Gasteiger partial charge in [-0.3, -0.25) is 0 Å². The van der Waals surface area contributed by atoms with E-state index in [4.69, 9.17) is 16.4 Å². The molecule has 0 aliphatic carbocycles. The van der Waals surface area contributed by atoms with E-state index in [9.17, 15) is 0 Å². The Balaban J connectivity index is 2.37. The summed E-state index contributed by atoms with van der Waals surface area (Å²) < 4.78 is 0. The Kier molecular flexibility index (Phi) is 2.99. The summed E-state index contributed by atoms with van der Waals surface area (Å²) in [5.74, 6) is 0.539. The van der Waals surface area contributed by atoms with Crippen LogP contribution >= 0.6 is 11.6 Å². The third-order valence-corrected chi connectivity index (χ3v) is 2.04. The molecule has 0 amide bonds. The number of hydrogen-bond acceptors (Lipinski definition) is 2. The quantitative estimate of drug-likeness (QED) is 0.613. The van der Waals surface area contributed by atoms with Crippen molar-refractivity contribution < 1.29 is 4.84 Å². The molecule has 0 spiro atoms. The van der Waals surface area contributed by atoms with Crippen LogP contribution in [0, 0.1) is 5.41 Å². The Labute approximate surface area is 78.9 Å². The molecular weight excluding hydrogens is 174 g/mol. The van der Waals surface area contributed by atoms with Crippen molar-refractivity contribution in [3.8, 4) is 0 Å². The zero-order chi connectivity index (χ0) is 9.19. The average molecular weight is 190 g/mol. The highest BCUT2D eigenvalue weighted by atomic mass is 35.5. The number of hydrogen-bond donors (Lipinski definition) is 0. The normalized spacial score (nSPS) is 23.7. The van der Waals surface area contributed by atoms with Gasteiger partial charge in [-0.2, -0.15) is 0 Å². The summed E-state index contributed by atoms with van der Waals surface area (Å²) in [6.07, 6.45) is 2.02. The number of oxime groups is 1. The lowest BCUT2D eigenvalue weighted by Crippen LogP contribution is -2.14. The van der Waals surface area contributed by atoms with E-state index in [0.29, 0.717) is 11.3 Å². The van der Waals surface area contributed by atoms with Gasteiger partial charge in [0.2, 0.25) is 0 Å². The van der Waals surface area contributed by atoms with Gasteiger partial charge in [0.15, 0.2) is 0 Å². The Morgan fingerprint density at radius 1 is 1.58 bits per heavy atom. The second-order valence-electron chi connectivity index (χ2n) is 4.48. The Morgan fingerprint density at radius 2 is 2.25 bits per heavy atom. The fourth-order valence-electron chi connectivity index (χ4n) is 1.29. The molecule has 3 heteroatoms. The first kappa shape index (κ1) is 9.85. The van der Waals surface area contributed by atoms with E-state index in [1.807, 2.05) is 0 Å². The van der Waals surface area contributed by atoms with E-state index in [1.54, 1.807) is 0 Å². The maximum absolute atomic E-state index is 5.65. The van der Waals surface area contributed by atoms with Crippen LogP contribution in [0.1, 0.15) is 33.6 Å². The summed E-state index contributed by atoms with van der Waals surface area (Å²) in [4.78, 5) is 5.12. The van der Waals surface area contributed by atoms with Crippen molar-refractivity contribution in [3.05, 3.63) is 0 Å². The van der Waals surface area contributed by atoms with Gasteiger partial charge < -0.3 is 4.84 Å². The molecule has 1 aliphatic heterocycles. The van der Waals surface area contributed by atoms with Crippen LogP contribution in [0.25, 0.3) is 0 Å². The predicted octanol–water partition coefficient (Wildman–Crippen LogP) is 2.81. The summed E-state index contributed by atoms with van der Waals surface area (Å²) in [5.41, 5.74) is 1.44. The van der Waals surface area contributed by atoms with Crippen LogP contribution in [0.4, 0.5) is 0 Å². The largest absolute Gasteiger partial charge is 0.391 e. The van der Waals surface area contributed by atoms with E-state index >= 15 is 0 Å². The van der Waals surface area contributed by atoms with Crippen LogP contribution in [0.15, 0.2) is 5.16 Å². The highest BCUT2D eigenvalue weighted by Gasteiger charge is 2.23. The van der Waals surface area contributed by atoms with E-state index in [-0.39, 0.29) is 6.10 Å². The zero-order valence-corrected chi connectivity index (χ0v) is 8.69. The highest BCUT2D eigenvalue weighted by Crippen LogP contribution is 2.24. The fourth-order valence-corrected chi connectivity index (χ4v) is 1.45. The monoisotopic (exact) mass is 189 g/mol. The molecule has 0 aromatic rings. The number of alkyl halides is 1. The standard InChI is InChI=1S/C9H16ClNO/c1-9(2,3)5-7-4-8(6-10)12-11-7/h8H,4-6H2,1-3H3. The van der Waals surface area contributed by atoms with E-state index in [0.717, 1.165) is 18.6 Å². The molecule has 0 aromatic carbocycles. The minimum Gasteiger partial charge on any atom is -0.391 e. The maximum atomic E-state index is 5.65. The van der Waals surface area contributed by atoms with Gasteiger partial charge in [0.1, 0.15) is 6.10 Å². The van der Waals surface area contributed by atoms with Gasteiger partial charge in [-0.25, -0.2) is 0 Å². The SMILES string of the molecule is CC(C)(C)CC1=NOC(CCl)C1. The van der Waals surface area contributed by atoms with Gasteiger partial charge >= 0.3 is 0 Å². The third-order valence-electron chi connectivity index (χ3n) is 1.70. The van der Waals surface area contributed by atoms with E-state index < -0.39 is 0 Å². The number of nitrogens with zero attached hydrogens (tertiary/aromatic N) is 1. The summed E-state index contributed by atoms with van der Waals surface area (Å²) >= 11 is 5.65. The minimum absolute atomic E-state index is 0.115. The van der Waals surface area contributed by atoms with Gasteiger partial charge in [-0.15, -0.1) is 11.6 Å². The van der Waals surface area contributed by atoms with Crippen molar-refractivity contribution in [1.82, 2.24) is 0 Å². The number of rotatable bonds is 2. The van der Waals surface area contributed by atoms with Crippen molar-refractivity contribution in [1.29, 1.82) is 0 Å². The van der Waals surface area contributed by atoms with Crippen molar-refractivity contribution in [2.75, 3.05) is 5.88 Å². The fraction of sp³-hybridized carbons (Fsp3) is 0.889. The van der Waals surface area contributed by atoms with E-state index in [1.165, 1.54) is 0 Å².